The van der Waals surface area contributed by atoms with Crippen molar-refractivity contribution in [3.63, 3.8) is 0 Å². The maximum atomic E-state index is 12.4. The molecule has 0 unspecified atom stereocenters. The summed E-state index contributed by atoms with van der Waals surface area (Å²) in [6.07, 6.45) is 0.718. The van der Waals surface area contributed by atoms with Crippen LogP contribution in [0.25, 0.3) is 0 Å². The highest BCUT2D eigenvalue weighted by Crippen LogP contribution is 2.32. The normalized spacial score (nSPS) is 16.7. The van der Waals surface area contributed by atoms with Crippen molar-refractivity contribution >= 4 is 5.91 Å². The third-order valence-electron chi connectivity index (χ3n) is 3.75. The third-order valence-corrected chi connectivity index (χ3v) is 3.75. The van der Waals surface area contributed by atoms with Crippen molar-refractivity contribution in [2.24, 2.45) is 0 Å². The molecule has 1 heterocycles. The first kappa shape index (κ1) is 13.5. The van der Waals surface area contributed by atoms with Crippen LogP contribution in [-0.4, -0.2) is 17.6 Å². The summed E-state index contributed by atoms with van der Waals surface area (Å²) in [4.78, 5) is 12.4. The van der Waals surface area contributed by atoms with Gasteiger partial charge in [-0.1, -0.05) is 30.3 Å². The van der Waals surface area contributed by atoms with E-state index in [-0.39, 0.29) is 17.7 Å². The molecule has 0 radical (unpaired) electrons. The van der Waals surface area contributed by atoms with Gasteiger partial charge in [-0.2, -0.15) is 0 Å². The number of ether oxygens (including phenoxy) is 1. The molecule has 0 saturated heterocycles. The van der Waals surface area contributed by atoms with E-state index in [1.54, 1.807) is 25.1 Å². The molecule has 0 spiro atoms. The zero-order valence-electron chi connectivity index (χ0n) is 11.8. The fraction of sp³-hybridized carbons (Fsp3) is 0.235. The third kappa shape index (κ3) is 2.57. The number of carbonyl (C=O) groups excluding carboxylic acids is 1. The molecule has 1 atom stereocenters. The molecular formula is C17H17NO3. The molecule has 108 valence electrons. The average molecular weight is 283 g/mol. The van der Waals surface area contributed by atoms with E-state index < -0.39 is 0 Å². The van der Waals surface area contributed by atoms with Crippen molar-refractivity contribution in [1.82, 2.24) is 5.32 Å². The molecule has 1 amide bonds. The molecule has 0 aliphatic carbocycles. The van der Waals surface area contributed by atoms with Crippen molar-refractivity contribution in [3.05, 3.63) is 59.2 Å². The number of phenolic OH excluding ortho intramolecular Hbond substituents is 1. The minimum absolute atomic E-state index is 0.0374. The molecule has 3 rings (SSSR count). The smallest absolute Gasteiger partial charge is 0.255 e. The first-order valence-corrected chi connectivity index (χ1v) is 6.98. The van der Waals surface area contributed by atoms with Gasteiger partial charge in [0.05, 0.1) is 18.2 Å². The van der Waals surface area contributed by atoms with Crippen molar-refractivity contribution in [2.45, 2.75) is 19.4 Å². The molecule has 1 aliphatic rings. The zero-order chi connectivity index (χ0) is 14.8. The number of hydrogen-bond acceptors (Lipinski definition) is 3. The molecule has 2 aromatic rings. The number of amides is 1. The van der Waals surface area contributed by atoms with Gasteiger partial charge in [-0.3, -0.25) is 4.79 Å². The van der Waals surface area contributed by atoms with Gasteiger partial charge in [0.25, 0.3) is 5.91 Å². The minimum atomic E-state index is -0.266. The average Bonchev–Trinajstić information content (AvgIpc) is 2.50. The standard InChI is InChI=1S/C17H17NO3/c1-11-5-4-7-13(16(11)19)17(20)18-14-9-10-21-15-8-3-2-6-12(14)15/h2-8,14,19H,9-10H2,1H3,(H,18,20)/t14-/m0/s1. The highest BCUT2D eigenvalue weighted by Gasteiger charge is 2.24. The number of fused-ring (bicyclic) bond motifs is 1. The second-order valence-corrected chi connectivity index (χ2v) is 5.17. The number of carbonyl (C=O) groups is 1. The van der Waals surface area contributed by atoms with Crippen molar-refractivity contribution in [3.8, 4) is 11.5 Å². The number of aromatic hydroxyl groups is 1. The van der Waals surface area contributed by atoms with Crippen LogP contribution in [0.4, 0.5) is 0 Å². The summed E-state index contributed by atoms with van der Waals surface area (Å²) >= 11 is 0. The maximum absolute atomic E-state index is 12.4. The predicted octanol–water partition coefficient (Wildman–Crippen LogP) is 2.95. The second kappa shape index (κ2) is 5.48. The number of benzene rings is 2. The molecule has 4 nitrogen and oxygen atoms in total. The van der Waals surface area contributed by atoms with Crippen LogP contribution in [0.3, 0.4) is 0 Å². The highest BCUT2D eigenvalue weighted by molar-refractivity contribution is 5.97. The van der Waals surface area contributed by atoms with Crippen LogP contribution in [0.15, 0.2) is 42.5 Å². The van der Waals surface area contributed by atoms with Gasteiger partial charge in [0.2, 0.25) is 0 Å². The Bertz CT molecular complexity index is 681. The summed E-state index contributed by atoms with van der Waals surface area (Å²) < 4.78 is 5.58. The molecule has 2 aromatic carbocycles. The van der Waals surface area contributed by atoms with E-state index in [9.17, 15) is 9.90 Å². The van der Waals surface area contributed by atoms with Crippen molar-refractivity contribution < 1.29 is 14.6 Å². The zero-order valence-corrected chi connectivity index (χ0v) is 11.8. The van der Waals surface area contributed by atoms with Gasteiger partial charge >= 0.3 is 0 Å². The second-order valence-electron chi connectivity index (χ2n) is 5.17. The van der Waals surface area contributed by atoms with E-state index in [4.69, 9.17) is 4.74 Å². The summed E-state index contributed by atoms with van der Waals surface area (Å²) in [6, 6.07) is 12.8. The van der Waals surface area contributed by atoms with Gasteiger partial charge in [-0.25, -0.2) is 0 Å². The van der Waals surface area contributed by atoms with Gasteiger partial charge < -0.3 is 15.2 Å². The van der Waals surface area contributed by atoms with E-state index in [1.807, 2.05) is 24.3 Å². The number of hydrogen-bond donors (Lipinski definition) is 2. The lowest BCUT2D eigenvalue weighted by Gasteiger charge is -2.26. The Labute approximate surface area is 123 Å². The number of aryl methyl sites for hydroxylation is 1. The Morgan fingerprint density at radius 3 is 2.90 bits per heavy atom. The van der Waals surface area contributed by atoms with Gasteiger partial charge in [0.15, 0.2) is 0 Å². The first-order valence-electron chi connectivity index (χ1n) is 6.98. The molecule has 2 N–H and O–H groups in total. The van der Waals surface area contributed by atoms with Gasteiger partial charge in [0, 0.05) is 12.0 Å². The van der Waals surface area contributed by atoms with Crippen LogP contribution in [0.2, 0.25) is 0 Å². The van der Waals surface area contributed by atoms with E-state index in [1.165, 1.54) is 0 Å². The van der Waals surface area contributed by atoms with E-state index >= 15 is 0 Å². The lowest BCUT2D eigenvalue weighted by molar-refractivity contribution is 0.0922. The van der Waals surface area contributed by atoms with Crippen molar-refractivity contribution in [1.29, 1.82) is 0 Å². The summed E-state index contributed by atoms with van der Waals surface area (Å²) in [5, 5.41) is 13.0. The minimum Gasteiger partial charge on any atom is -0.507 e. The Morgan fingerprint density at radius 2 is 2.05 bits per heavy atom. The number of nitrogens with one attached hydrogen (secondary N) is 1. The largest absolute Gasteiger partial charge is 0.507 e. The predicted molar refractivity (Wildman–Crippen MR) is 79.6 cm³/mol. The maximum Gasteiger partial charge on any atom is 0.255 e. The van der Waals surface area contributed by atoms with Crippen LogP contribution in [0.1, 0.15) is 33.9 Å². The van der Waals surface area contributed by atoms with Gasteiger partial charge in [0.1, 0.15) is 11.5 Å². The fourth-order valence-corrected chi connectivity index (χ4v) is 2.57. The SMILES string of the molecule is Cc1cccc(C(=O)N[C@H]2CCOc3ccccc32)c1O. The summed E-state index contributed by atoms with van der Waals surface area (Å²) in [5.74, 6) is 0.579. The molecule has 4 heteroatoms. The van der Waals surface area contributed by atoms with E-state index in [0.29, 0.717) is 17.7 Å². The van der Waals surface area contributed by atoms with E-state index in [0.717, 1.165) is 17.7 Å². The van der Waals surface area contributed by atoms with E-state index in [2.05, 4.69) is 5.32 Å². The number of rotatable bonds is 2. The van der Waals surface area contributed by atoms with Gasteiger partial charge in [-0.05, 0) is 24.6 Å². The summed E-state index contributed by atoms with van der Waals surface area (Å²) in [6.45, 7) is 2.34. The Balaban J connectivity index is 1.85. The van der Waals surface area contributed by atoms with Crippen LogP contribution in [0, 0.1) is 6.92 Å². The summed E-state index contributed by atoms with van der Waals surface area (Å²) in [5.41, 5.74) is 1.97. The number of para-hydroxylation sites is 2. The molecule has 0 bridgehead atoms. The first-order chi connectivity index (χ1) is 10.2. The Hall–Kier alpha value is -2.49. The molecule has 21 heavy (non-hydrogen) atoms. The van der Waals surface area contributed by atoms with Gasteiger partial charge in [-0.15, -0.1) is 0 Å². The molecule has 0 fully saturated rings. The Morgan fingerprint density at radius 1 is 1.24 bits per heavy atom. The number of phenols is 1. The van der Waals surface area contributed by atoms with Crippen LogP contribution >= 0.6 is 0 Å². The lowest BCUT2D eigenvalue weighted by Crippen LogP contribution is -2.32. The monoisotopic (exact) mass is 283 g/mol. The Kier molecular flexibility index (Phi) is 3.52. The van der Waals surface area contributed by atoms with Crippen LogP contribution < -0.4 is 10.1 Å². The molecular weight excluding hydrogens is 266 g/mol. The quantitative estimate of drug-likeness (QED) is 0.891. The lowest BCUT2D eigenvalue weighted by atomic mass is 10.00. The highest BCUT2D eigenvalue weighted by atomic mass is 16.5. The summed E-state index contributed by atoms with van der Waals surface area (Å²) in [7, 11) is 0. The molecule has 0 aromatic heterocycles. The molecule has 1 aliphatic heterocycles. The van der Waals surface area contributed by atoms with Crippen LogP contribution in [0.5, 0.6) is 11.5 Å². The van der Waals surface area contributed by atoms with Crippen LogP contribution in [-0.2, 0) is 0 Å². The molecule has 0 saturated carbocycles. The topological polar surface area (TPSA) is 58.6 Å². The fourth-order valence-electron chi connectivity index (χ4n) is 2.57. The van der Waals surface area contributed by atoms with Crippen molar-refractivity contribution in [2.75, 3.05) is 6.61 Å².